The van der Waals surface area contributed by atoms with Crippen LogP contribution in [0.5, 0.6) is 0 Å². The third kappa shape index (κ3) is 4.51. The Morgan fingerprint density at radius 3 is 2.50 bits per heavy atom. The minimum Gasteiger partial charge on any atom is -0.369 e. The van der Waals surface area contributed by atoms with E-state index in [1.165, 1.54) is 10.6 Å². The van der Waals surface area contributed by atoms with E-state index in [4.69, 9.17) is 0 Å². The normalized spacial score (nSPS) is 11.6. The van der Waals surface area contributed by atoms with Gasteiger partial charge in [0.2, 0.25) is 10.0 Å². The SMILES string of the molecule is Cc1cc(NCCN(C)S(C)(=O)=O)nc(-c2ccccc2)n1. The molecule has 2 aromatic rings. The Bertz CT molecular complexity index is 732. The van der Waals surface area contributed by atoms with Gasteiger partial charge < -0.3 is 5.32 Å². The number of hydrogen-bond donors (Lipinski definition) is 1. The molecular formula is C15H20N4O2S. The van der Waals surface area contributed by atoms with E-state index in [9.17, 15) is 8.42 Å². The van der Waals surface area contributed by atoms with E-state index < -0.39 is 10.0 Å². The third-order valence-electron chi connectivity index (χ3n) is 3.19. The van der Waals surface area contributed by atoms with E-state index in [1.807, 2.05) is 43.3 Å². The minimum absolute atomic E-state index is 0.378. The van der Waals surface area contributed by atoms with Crippen LogP contribution in [0.25, 0.3) is 11.4 Å². The minimum atomic E-state index is -3.16. The van der Waals surface area contributed by atoms with Gasteiger partial charge in [-0.25, -0.2) is 22.7 Å². The molecule has 118 valence electrons. The van der Waals surface area contributed by atoms with Crippen molar-refractivity contribution < 1.29 is 8.42 Å². The number of rotatable bonds is 6. The summed E-state index contributed by atoms with van der Waals surface area (Å²) in [7, 11) is -1.60. The molecule has 0 fully saturated rings. The number of nitrogens with zero attached hydrogens (tertiary/aromatic N) is 3. The molecule has 0 aliphatic heterocycles. The predicted octanol–water partition coefficient (Wildman–Crippen LogP) is 1.76. The second-order valence-corrected chi connectivity index (χ2v) is 7.18. The number of hydrogen-bond acceptors (Lipinski definition) is 5. The molecule has 0 aliphatic rings. The molecule has 2 rings (SSSR count). The van der Waals surface area contributed by atoms with Gasteiger partial charge in [-0.2, -0.15) is 0 Å². The molecule has 0 amide bonds. The molecule has 6 nitrogen and oxygen atoms in total. The lowest BCUT2D eigenvalue weighted by molar-refractivity contribution is 0.486. The van der Waals surface area contributed by atoms with E-state index in [0.717, 1.165) is 11.3 Å². The lowest BCUT2D eigenvalue weighted by atomic mass is 10.2. The first-order valence-corrected chi connectivity index (χ1v) is 8.77. The zero-order valence-electron chi connectivity index (χ0n) is 12.9. The number of aromatic nitrogens is 2. The molecule has 0 saturated carbocycles. The molecule has 0 aliphatic carbocycles. The van der Waals surface area contributed by atoms with Gasteiger partial charge in [-0.15, -0.1) is 0 Å². The van der Waals surface area contributed by atoms with Gasteiger partial charge in [-0.1, -0.05) is 30.3 Å². The standard InChI is InChI=1S/C15H20N4O2S/c1-12-11-14(16-9-10-19(2)22(3,20)21)18-15(17-12)13-7-5-4-6-8-13/h4-8,11H,9-10H2,1-3H3,(H,16,17,18). The van der Waals surface area contributed by atoms with Crippen LogP contribution < -0.4 is 5.32 Å². The van der Waals surface area contributed by atoms with E-state index in [0.29, 0.717) is 24.7 Å². The van der Waals surface area contributed by atoms with Gasteiger partial charge in [0.25, 0.3) is 0 Å². The largest absolute Gasteiger partial charge is 0.369 e. The second kappa shape index (κ2) is 6.85. The van der Waals surface area contributed by atoms with Crippen LogP contribution in [0, 0.1) is 6.92 Å². The average Bonchev–Trinajstić information content (AvgIpc) is 2.46. The highest BCUT2D eigenvalue weighted by atomic mass is 32.2. The van der Waals surface area contributed by atoms with Gasteiger partial charge in [0, 0.05) is 37.5 Å². The van der Waals surface area contributed by atoms with E-state index >= 15 is 0 Å². The fraction of sp³-hybridized carbons (Fsp3) is 0.333. The van der Waals surface area contributed by atoms with Crippen LogP contribution in [0.1, 0.15) is 5.69 Å². The predicted molar refractivity (Wildman–Crippen MR) is 88.2 cm³/mol. The van der Waals surface area contributed by atoms with Crippen molar-refractivity contribution in [1.29, 1.82) is 0 Å². The lowest BCUT2D eigenvalue weighted by Crippen LogP contribution is -2.30. The quantitative estimate of drug-likeness (QED) is 0.878. The molecule has 0 unspecified atom stereocenters. The van der Waals surface area contributed by atoms with Crippen molar-refractivity contribution >= 4 is 15.8 Å². The van der Waals surface area contributed by atoms with Crippen LogP contribution >= 0.6 is 0 Å². The van der Waals surface area contributed by atoms with Crippen molar-refractivity contribution in [2.24, 2.45) is 0 Å². The maximum absolute atomic E-state index is 11.3. The molecule has 1 aromatic heterocycles. The number of aryl methyl sites for hydroxylation is 1. The molecule has 22 heavy (non-hydrogen) atoms. The smallest absolute Gasteiger partial charge is 0.211 e. The van der Waals surface area contributed by atoms with Crippen molar-refractivity contribution in [2.45, 2.75) is 6.92 Å². The summed E-state index contributed by atoms with van der Waals surface area (Å²) in [6.07, 6.45) is 1.19. The van der Waals surface area contributed by atoms with Crippen molar-refractivity contribution in [3.05, 3.63) is 42.1 Å². The monoisotopic (exact) mass is 320 g/mol. The van der Waals surface area contributed by atoms with E-state index in [1.54, 1.807) is 7.05 Å². The highest BCUT2D eigenvalue weighted by Gasteiger charge is 2.10. The Labute approximate surface area is 131 Å². The van der Waals surface area contributed by atoms with Crippen LogP contribution in [0.4, 0.5) is 5.82 Å². The summed E-state index contributed by atoms with van der Waals surface area (Å²) in [5, 5.41) is 3.14. The van der Waals surface area contributed by atoms with E-state index in [-0.39, 0.29) is 0 Å². The first-order valence-electron chi connectivity index (χ1n) is 6.92. The van der Waals surface area contributed by atoms with Gasteiger partial charge >= 0.3 is 0 Å². The van der Waals surface area contributed by atoms with Crippen molar-refractivity contribution in [2.75, 3.05) is 31.7 Å². The summed E-state index contributed by atoms with van der Waals surface area (Å²) in [5.41, 5.74) is 1.80. The fourth-order valence-corrected chi connectivity index (χ4v) is 2.31. The number of nitrogens with one attached hydrogen (secondary N) is 1. The highest BCUT2D eigenvalue weighted by molar-refractivity contribution is 7.88. The van der Waals surface area contributed by atoms with Gasteiger partial charge in [0.15, 0.2) is 5.82 Å². The molecule has 1 aromatic carbocycles. The van der Waals surface area contributed by atoms with Gasteiger partial charge in [0.05, 0.1) is 6.26 Å². The Balaban J connectivity index is 2.08. The van der Waals surface area contributed by atoms with Crippen molar-refractivity contribution in [1.82, 2.24) is 14.3 Å². The Kier molecular flexibility index (Phi) is 5.10. The average molecular weight is 320 g/mol. The highest BCUT2D eigenvalue weighted by Crippen LogP contribution is 2.17. The summed E-state index contributed by atoms with van der Waals surface area (Å²) in [5.74, 6) is 1.34. The number of likely N-dealkylation sites (N-methyl/N-ethyl adjacent to an activating group) is 1. The van der Waals surface area contributed by atoms with Crippen LogP contribution in [0.15, 0.2) is 36.4 Å². The van der Waals surface area contributed by atoms with Crippen LogP contribution in [-0.2, 0) is 10.0 Å². The number of sulfonamides is 1. The molecular weight excluding hydrogens is 300 g/mol. The molecule has 1 N–H and O–H groups in total. The molecule has 0 spiro atoms. The number of benzene rings is 1. The summed E-state index contributed by atoms with van der Waals surface area (Å²) in [4.78, 5) is 8.90. The lowest BCUT2D eigenvalue weighted by Gasteiger charge is -2.15. The maximum atomic E-state index is 11.3. The van der Waals surface area contributed by atoms with Gasteiger partial charge in [0.1, 0.15) is 5.82 Å². The van der Waals surface area contributed by atoms with E-state index in [2.05, 4.69) is 15.3 Å². The van der Waals surface area contributed by atoms with Crippen LogP contribution in [0.2, 0.25) is 0 Å². The zero-order chi connectivity index (χ0) is 16.2. The summed E-state index contributed by atoms with van der Waals surface area (Å²) < 4.78 is 24.0. The molecule has 0 atom stereocenters. The maximum Gasteiger partial charge on any atom is 0.211 e. The Morgan fingerprint density at radius 2 is 1.86 bits per heavy atom. The molecule has 1 heterocycles. The zero-order valence-corrected chi connectivity index (χ0v) is 13.8. The molecule has 0 saturated heterocycles. The number of anilines is 1. The first kappa shape index (κ1) is 16.4. The summed E-state index contributed by atoms with van der Waals surface area (Å²) in [6.45, 7) is 2.76. The Hall–Kier alpha value is -1.99. The summed E-state index contributed by atoms with van der Waals surface area (Å²) in [6, 6.07) is 11.6. The Morgan fingerprint density at radius 1 is 1.18 bits per heavy atom. The topological polar surface area (TPSA) is 75.2 Å². The van der Waals surface area contributed by atoms with Gasteiger partial charge in [-0.3, -0.25) is 0 Å². The molecule has 0 bridgehead atoms. The van der Waals surface area contributed by atoms with Crippen molar-refractivity contribution in [3.8, 4) is 11.4 Å². The third-order valence-corrected chi connectivity index (χ3v) is 4.50. The summed E-state index contributed by atoms with van der Waals surface area (Å²) >= 11 is 0. The molecule has 0 radical (unpaired) electrons. The molecule has 7 heteroatoms. The fourth-order valence-electron chi connectivity index (χ4n) is 1.88. The van der Waals surface area contributed by atoms with Crippen LogP contribution in [-0.4, -0.2) is 49.1 Å². The first-order chi connectivity index (χ1) is 10.4. The van der Waals surface area contributed by atoms with Gasteiger partial charge in [-0.05, 0) is 6.92 Å². The second-order valence-electron chi connectivity index (χ2n) is 5.10. The van der Waals surface area contributed by atoms with Crippen molar-refractivity contribution in [3.63, 3.8) is 0 Å². The van der Waals surface area contributed by atoms with Crippen LogP contribution in [0.3, 0.4) is 0 Å².